The molecule has 0 aliphatic carbocycles. The van der Waals surface area contributed by atoms with Crippen molar-refractivity contribution >= 4 is 22.4 Å². The van der Waals surface area contributed by atoms with E-state index in [2.05, 4.69) is 10.1 Å². The first-order chi connectivity index (χ1) is 16.2. The molecule has 0 aliphatic heterocycles. The van der Waals surface area contributed by atoms with Crippen LogP contribution in [0.3, 0.4) is 0 Å². The SMILES string of the molecule is O=c1nc2s/c(=C\c3ccc(OCc4ccccc4)cc3)c(=O)n2nc1Cc1ccccc1. The van der Waals surface area contributed by atoms with Crippen LogP contribution in [-0.2, 0) is 13.0 Å². The van der Waals surface area contributed by atoms with E-state index in [0.717, 1.165) is 33.8 Å². The van der Waals surface area contributed by atoms with E-state index in [1.54, 1.807) is 6.08 Å². The molecule has 33 heavy (non-hydrogen) atoms. The van der Waals surface area contributed by atoms with Gasteiger partial charge >= 0.3 is 0 Å². The average molecular weight is 454 g/mol. The monoisotopic (exact) mass is 453 g/mol. The highest BCUT2D eigenvalue weighted by molar-refractivity contribution is 7.15. The zero-order chi connectivity index (χ0) is 22.6. The van der Waals surface area contributed by atoms with Gasteiger partial charge in [0, 0.05) is 6.42 Å². The third kappa shape index (κ3) is 4.73. The van der Waals surface area contributed by atoms with Gasteiger partial charge in [0.05, 0.1) is 4.53 Å². The number of hydrogen-bond acceptors (Lipinski definition) is 6. The second-order valence-corrected chi connectivity index (χ2v) is 8.49. The van der Waals surface area contributed by atoms with Gasteiger partial charge in [-0.1, -0.05) is 84.1 Å². The standard InChI is InChI=1S/C26H19N3O3S/c30-24-22(15-18-7-3-1-4-8-18)28-29-25(31)23(33-26(29)27-24)16-19-11-13-21(14-12-19)32-17-20-9-5-2-6-10-20/h1-14,16H,15,17H2/b23-16-. The molecule has 0 atom stereocenters. The zero-order valence-electron chi connectivity index (χ0n) is 17.5. The van der Waals surface area contributed by atoms with Crippen molar-refractivity contribution in [2.75, 3.05) is 0 Å². The first kappa shape index (κ1) is 20.8. The van der Waals surface area contributed by atoms with Gasteiger partial charge < -0.3 is 4.74 Å². The predicted octanol–water partition coefficient (Wildman–Crippen LogP) is 3.23. The Hall–Kier alpha value is -4.10. The van der Waals surface area contributed by atoms with Gasteiger partial charge in [-0.3, -0.25) is 9.59 Å². The van der Waals surface area contributed by atoms with Crippen molar-refractivity contribution in [2.24, 2.45) is 0 Å². The van der Waals surface area contributed by atoms with Crippen molar-refractivity contribution in [1.29, 1.82) is 0 Å². The molecule has 0 saturated heterocycles. The van der Waals surface area contributed by atoms with Gasteiger partial charge in [0.2, 0.25) is 4.96 Å². The molecule has 5 aromatic rings. The molecule has 2 aromatic heterocycles. The number of nitrogens with zero attached hydrogens (tertiary/aromatic N) is 3. The summed E-state index contributed by atoms with van der Waals surface area (Å²) in [4.78, 5) is 29.7. The largest absolute Gasteiger partial charge is 0.489 e. The van der Waals surface area contributed by atoms with Crippen molar-refractivity contribution in [2.45, 2.75) is 13.0 Å². The van der Waals surface area contributed by atoms with Crippen LogP contribution in [0.25, 0.3) is 11.0 Å². The number of ether oxygens (including phenoxy) is 1. The van der Waals surface area contributed by atoms with E-state index in [4.69, 9.17) is 4.74 Å². The fraction of sp³-hybridized carbons (Fsp3) is 0.0769. The number of fused-ring (bicyclic) bond motifs is 1. The molecule has 0 radical (unpaired) electrons. The molecule has 0 spiro atoms. The number of hydrogen-bond donors (Lipinski definition) is 0. The molecule has 0 amide bonds. The Kier molecular flexibility index (Phi) is 5.78. The normalized spacial score (nSPS) is 11.7. The maximum absolute atomic E-state index is 12.9. The summed E-state index contributed by atoms with van der Waals surface area (Å²) in [5, 5.41) is 4.30. The van der Waals surface area contributed by atoms with Crippen molar-refractivity contribution in [1.82, 2.24) is 14.6 Å². The van der Waals surface area contributed by atoms with Gasteiger partial charge in [-0.2, -0.15) is 14.6 Å². The van der Waals surface area contributed by atoms with Crippen molar-refractivity contribution in [3.05, 3.63) is 133 Å². The molecule has 7 heteroatoms. The van der Waals surface area contributed by atoms with E-state index < -0.39 is 5.56 Å². The van der Waals surface area contributed by atoms with Crippen molar-refractivity contribution < 1.29 is 4.74 Å². The van der Waals surface area contributed by atoms with Crippen LogP contribution in [-0.4, -0.2) is 14.6 Å². The second-order valence-electron chi connectivity index (χ2n) is 7.48. The molecule has 0 aliphatic rings. The lowest BCUT2D eigenvalue weighted by Gasteiger charge is -2.06. The van der Waals surface area contributed by atoms with Crippen LogP contribution in [0, 0.1) is 0 Å². The number of aromatic nitrogens is 3. The number of thiazole rings is 1. The Bertz CT molecular complexity index is 1560. The molecule has 3 aromatic carbocycles. The minimum Gasteiger partial charge on any atom is -0.489 e. The fourth-order valence-electron chi connectivity index (χ4n) is 3.39. The van der Waals surface area contributed by atoms with E-state index in [-0.39, 0.29) is 16.2 Å². The van der Waals surface area contributed by atoms with Crippen molar-refractivity contribution in [3.8, 4) is 5.75 Å². The Morgan fingerprint density at radius 3 is 2.21 bits per heavy atom. The van der Waals surface area contributed by atoms with Gasteiger partial charge in [-0.05, 0) is 34.9 Å². The molecule has 0 N–H and O–H groups in total. The maximum atomic E-state index is 12.9. The molecule has 2 heterocycles. The second kappa shape index (κ2) is 9.18. The zero-order valence-corrected chi connectivity index (χ0v) is 18.4. The molecule has 0 unspecified atom stereocenters. The minimum atomic E-state index is -0.411. The van der Waals surface area contributed by atoms with Crippen molar-refractivity contribution in [3.63, 3.8) is 0 Å². The third-order valence-corrected chi connectivity index (χ3v) is 6.05. The van der Waals surface area contributed by atoms with Crippen LogP contribution < -0.4 is 20.4 Å². The number of rotatable bonds is 6. The molecule has 0 saturated carbocycles. The highest BCUT2D eigenvalue weighted by atomic mass is 32.1. The smallest absolute Gasteiger partial charge is 0.296 e. The summed E-state index contributed by atoms with van der Waals surface area (Å²) in [6.45, 7) is 0.488. The molecule has 0 fully saturated rings. The summed E-state index contributed by atoms with van der Waals surface area (Å²) >= 11 is 1.15. The van der Waals surface area contributed by atoms with Crippen LogP contribution in [0.5, 0.6) is 5.75 Å². The Labute approximate surface area is 193 Å². The molecule has 5 rings (SSSR count). The van der Waals surface area contributed by atoms with E-state index in [9.17, 15) is 9.59 Å². The quantitative estimate of drug-likeness (QED) is 0.395. The van der Waals surface area contributed by atoms with Crippen LogP contribution in [0.2, 0.25) is 0 Å². The summed E-state index contributed by atoms with van der Waals surface area (Å²) in [6, 6.07) is 27.0. The highest BCUT2D eigenvalue weighted by Gasteiger charge is 2.11. The van der Waals surface area contributed by atoms with Crippen LogP contribution in [0.15, 0.2) is 94.5 Å². The van der Waals surface area contributed by atoms with Gasteiger partial charge in [0.1, 0.15) is 18.1 Å². The first-order valence-electron chi connectivity index (χ1n) is 10.4. The van der Waals surface area contributed by atoms with E-state index in [1.807, 2.05) is 84.9 Å². The van der Waals surface area contributed by atoms with E-state index in [0.29, 0.717) is 17.6 Å². The lowest BCUT2D eigenvalue weighted by Crippen LogP contribution is -2.28. The Morgan fingerprint density at radius 1 is 0.848 bits per heavy atom. The summed E-state index contributed by atoms with van der Waals surface area (Å²) in [6.07, 6.45) is 2.10. The van der Waals surface area contributed by atoms with Crippen LogP contribution in [0.4, 0.5) is 0 Å². The third-order valence-electron chi connectivity index (χ3n) is 5.09. The molecular formula is C26H19N3O3S. The minimum absolute atomic E-state index is 0.250. The lowest BCUT2D eigenvalue weighted by molar-refractivity contribution is 0.306. The van der Waals surface area contributed by atoms with Crippen LogP contribution in [0.1, 0.15) is 22.4 Å². The van der Waals surface area contributed by atoms with Gasteiger partial charge in [0.15, 0.2) is 0 Å². The average Bonchev–Trinajstić information content (AvgIpc) is 3.14. The topological polar surface area (TPSA) is 73.6 Å². The Balaban J connectivity index is 1.40. The number of benzene rings is 3. The van der Waals surface area contributed by atoms with Gasteiger partial charge in [0.25, 0.3) is 11.1 Å². The molecular weight excluding hydrogens is 434 g/mol. The van der Waals surface area contributed by atoms with Gasteiger partial charge in [-0.15, -0.1) is 0 Å². The first-order valence-corrected chi connectivity index (χ1v) is 11.2. The molecule has 6 nitrogen and oxygen atoms in total. The predicted molar refractivity (Wildman–Crippen MR) is 129 cm³/mol. The van der Waals surface area contributed by atoms with Gasteiger partial charge in [-0.25, -0.2) is 0 Å². The summed E-state index contributed by atoms with van der Waals surface area (Å²) in [5.41, 5.74) is 2.43. The summed E-state index contributed by atoms with van der Waals surface area (Å²) in [5.74, 6) is 0.744. The Morgan fingerprint density at radius 2 is 1.52 bits per heavy atom. The summed E-state index contributed by atoms with van der Waals surface area (Å²) in [7, 11) is 0. The fourth-order valence-corrected chi connectivity index (χ4v) is 4.30. The lowest BCUT2D eigenvalue weighted by atomic mass is 10.1. The van der Waals surface area contributed by atoms with Crippen LogP contribution >= 0.6 is 11.3 Å². The van der Waals surface area contributed by atoms with E-state index >= 15 is 0 Å². The summed E-state index contributed by atoms with van der Waals surface area (Å²) < 4.78 is 7.49. The van der Waals surface area contributed by atoms with E-state index in [1.165, 1.54) is 4.52 Å². The molecule has 162 valence electrons. The molecule has 0 bridgehead atoms. The highest BCUT2D eigenvalue weighted by Crippen LogP contribution is 2.15. The maximum Gasteiger partial charge on any atom is 0.296 e.